The second-order valence-corrected chi connectivity index (χ2v) is 14.5. The third-order valence-corrected chi connectivity index (χ3v) is 11.6. The van der Waals surface area contributed by atoms with E-state index in [2.05, 4.69) is 142 Å². The van der Waals surface area contributed by atoms with Crippen LogP contribution in [0.5, 0.6) is 0 Å². The van der Waals surface area contributed by atoms with Crippen molar-refractivity contribution in [3.8, 4) is 28.3 Å². The molecule has 5 nitrogen and oxygen atoms in total. The number of hydrogen-bond acceptors (Lipinski definition) is 3. The first-order valence-electron chi connectivity index (χ1n) is 18.7. The number of aromatic nitrogens is 4. The van der Waals surface area contributed by atoms with Crippen LogP contribution in [0, 0.1) is 0 Å². The Kier molecular flexibility index (Phi) is 5.57. The van der Waals surface area contributed by atoms with Gasteiger partial charge in [0.25, 0.3) is 0 Å². The molecule has 0 saturated carbocycles. The minimum Gasteiger partial charge on any atom is -0.452 e. The summed E-state index contributed by atoms with van der Waals surface area (Å²) < 4.78 is 11.4. The smallest absolute Gasteiger partial charge is 0.180 e. The van der Waals surface area contributed by atoms with E-state index in [1.54, 1.807) is 0 Å². The predicted octanol–water partition coefficient (Wildman–Crippen LogP) is 13.1. The maximum atomic E-state index is 6.48. The quantitative estimate of drug-likeness (QED) is 0.184. The van der Waals surface area contributed by atoms with Gasteiger partial charge in [-0.2, -0.15) is 0 Å². The van der Waals surface area contributed by atoms with Gasteiger partial charge >= 0.3 is 0 Å². The molecule has 0 spiro atoms. The van der Waals surface area contributed by atoms with Crippen LogP contribution in [0.15, 0.2) is 174 Å². The normalized spacial score (nSPS) is 12.4. The second kappa shape index (κ2) is 10.6. The summed E-state index contributed by atoms with van der Waals surface area (Å²) in [5.41, 5.74) is 12.2. The first-order valence-corrected chi connectivity index (χ1v) is 18.7. The van der Waals surface area contributed by atoms with Gasteiger partial charge in [0.05, 0.1) is 27.6 Å². The van der Waals surface area contributed by atoms with Crippen molar-refractivity contribution in [1.29, 1.82) is 0 Å². The average Bonchev–Trinajstić information content (AvgIpc) is 3.99. The van der Waals surface area contributed by atoms with Crippen molar-refractivity contribution in [2.24, 2.45) is 0 Å². The highest BCUT2D eigenvalue weighted by Crippen LogP contribution is 2.48. The van der Waals surface area contributed by atoms with E-state index >= 15 is 0 Å². The molecule has 0 unspecified atom stereocenters. The first kappa shape index (κ1) is 29.0. The zero-order valence-electron chi connectivity index (χ0n) is 29.4. The monoisotopic (exact) mass is 700 g/mol. The molecule has 0 saturated heterocycles. The summed E-state index contributed by atoms with van der Waals surface area (Å²) in [6, 6.07) is 60.5. The van der Waals surface area contributed by atoms with Crippen molar-refractivity contribution in [2.75, 3.05) is 0 Å². The second-order valence-electron chi connectivity index (χ2n) is 14.5. The molecular weight excluding hydrogens is 673 g/mol. The van der Waals surface area contributed by atoms with Crippen molar-refractivity contribution in [3.05, 3.63) is 170 Å². The van der Waals surface area contributed by atoms with Crippen molar-refractivity contribution in [3.63, 3.8) is 0 Å². The Bertz CT molecular complexity index is 3700. The molecule has 0 N–H and O–H groups in total. The highest BCUT2D eigenvalue weighted by Gasteiger charge is 2.25. The Morgan fingerprint density at radius 3 is 1.96 bits per heavy atom. The molecule has 0 aliphatic heterocycles. The summed E-state index contributed by atoms with van der Waals surface area (Å²) in [7, 11) is 0. The van der Waals surface area contributed by atoms with Crippen molar-refractivity contribution in [2.45, 2.75) is 0 Å². The molecule has 0 aliphatic rings. The van der Waals surface area contributed by atoms with E-state index in [1.807, 2.05) is 36.4 Å². The Morgan fingerprint density at radius 2 is 1.13 bits per heavy atom. The van der Waals surface area contributed by atoms with Gasteiger partial charge in [0.15, 0.2) is 11.4 Å². The lowest BCUT2D eigenvalue weighted by Crippen LogP contribution is -1.96. The summed E-state index contributed by atoms with van der Waals surface area (Å²) in [6.45, 7) is 0. The molecule has 254 valence electrons. The van der Waals surface area contributed by atoms with E-state index < -0.39 is 0 Å². The van der Waals surface area contributed by atoms with Gasteiger partial charge in [0.1, 0.15) is 16.8 Å². The van der Waals surface area contributed by atoms with E-state index in [4.69, 9.17) is 14.4 Å². The van der Waals surface area contributed by atoms with E-state index in [0.29, 0.717) is 11.4 Å². The first-order chi connectivity index (χ1) is 27.3. The Balaban J connectivity index is 1.12. The van der Waals surface area contributed by atoms with Gasteiger partial charge in [-0.3, -0.25) is 0 Å². The molecule has 5 heterocycles. The Morgan fingerprint density at radius 1 is 0.436 bits per heavy atom. The van der Waals surface area contributed by atoms with Crippen LogP contribution < -0.4 is 0 Å². The summed E-state index contributed by atoms with van der Waals surface area (Å²) in [5.74, 6) is 0.675. The van der Waals surface area contributed by atoms with Gasteiger partial charge in [0.2, 0.25) is 0 Å². The maximum absolute atomic E-state index is 6.48. The van der Waals surface area contributed by atoms with Gasteiger partial charge < -0.3 is 13.4 Å². The van der Waals surface area contributed by atoms with Crippen LogP contribution in [0.1, 0.15) is 0 Å². The van der Waals surface area contributed by atoms with Crippen LogP contribution >= 0.6 is 0 Å². The Labute approximate surface area is 313 Å². The number of hydrogen-bond donors (Lipinski definition) is 0. The van der Waals surface area contributed by atoms with Gasteiger partial charge in [-0.15, -0.1) is 0 Å². The third kappa shape index (κ3) is 3.81. The lowest BCUT2D eigenvalue weighted by atomic mass is 9.99. The van der Waals surface area contributed by atoms with Crippen LogP contribution in [-0.4, -0.2) is 18.9 Å². The number of para-hydroxylation sites is 3. The van der Waals surface area contributed by atoms with Crippen LogP contribution in [0.4, 0.5) is 0 Å². The third-order valence-electron chi connectivity index (χ3n) is 11.6. The molecule has 5 aromatic heterocycles. The minimum absolute atomic E-state index is 0.675. The molecular formula is C50H28N4O. The van der Waals surface area contributed by atoms with E-state index in [9.17, 15) is 0 Å². The topological polar surface area (TPSA) is 48.3 Å². The van der Waals surface area contributed by atoms with Crippen molar-refractivity contribution >= 4 is 92.7 Å². The van der Waals surface area contributed by atoms with Crippen LogP contribution in [0.25, 0.3) is 121 Å². The maximum Gasteiger partial charge on any atom is 0.180 e. The lowest BCUT2D eigenvalue weighted by Gasteiger charge is -2.11. The predicted molar refractivity (Wildman–Crippen MR) is 227 cm³/mol. The minimum atomic E-state index is 0.675. The number of furan rings is 1. The fourth-order valence-corrected chi connectivity index (χ4v) is 9.32. The molecule has 13 aromatic rings. The number of fused-ring (bicyclic) bond motifs is 15. The molecule has 0 atom stereocenters. The van der Waals surface area contributed by atoms with E-state index in [1.165, 1.54) is 70.7 Å². The molecule has 8 aromatic carbocycles. The van der Waals surface area contributed by atoms with Crippen LogP contribution in [-0.2, 0) is 0 Å². The fraction of sp³-hybridized carbons (Fsp3) is 0. The zero-order chi connectivity index (χ0) is 35.8. The van der Waals surface area contributed by atoms with Crippen LogP contribution in [0.2, 0.25) is 0 Å². The lowest BCUT2D eigenvalue weighted by molar-refractivity contribution is 0.667. The molecule has 0 radical (unpaired) electrons. The van der Waals surface area contributed by atoms with E-state index in [0.717, 1.165) is 39.0 Å². The fourth-order valence-electron chi connectivity index (χ4n) is 9.32. The Hall–Kier alpha value is -7.50. The summed E-state index contributed by atoms with van der Waals surface area (Å²) in [6.07, 6.45) is 0. The van der Waals surface area contributed by atoms with Gasteiger partial charge in [-0.05, 0) is 59.3 Å². The number of nitrogens with zero attached hydrogens (tertiary/aromatic N) is 4. The molecule has 0 amide bonds. The zero-order valence-corrected chi connectivity index (χ0v) is 29.4. The van der Waals surface area contributed by atoms with Gasteiger partial charge in [0, 0.05) is 54.5 Å². The molecule has 5 heteroatoms. The van der Waals surface area contributed by atoms with Gasteiger partial charge in [-0.1, -0.05) is 121 Å². The highest BCUT2D eigenvalue weighted by molar-refractivity contribution is 6.38. The van der Waals surface area contributed by atoms with Crippen molar-refractivity contribution in [1.82, 2.24) is 18.9 Å². The average molecular weight is 701 g/mol. The highest BCUT2D eigenvalue weighted by atomic mass is 16.3. The molecule has 55 heavy (non-hydrogen) atoms. The molecule has 13 rings (SSSR count). The molecule has 0 bridgehead atoms. The largest absolute Gasteiger partial charge is 0.452 e. The summed E-state index contributed by atoms with van der Waals surface area (Å²) in [4.78, 5) is 10.2. The summed E-state index contributed by atoms with van der Waals surface area (Å²) in [5, 5.41) is 11.1. The molecule has 0 fully saturated rings. The van der Waals surface area contributed by atoms with Crippen molar-refractivity contribution < 1.29 is 4.42 Å². The number of benzene rings is 8. The SMILES string of the molecule is c1ccc(-c2nc(-c3ccc(-n4c5ccc6ccccc6c5c5c6c7ccccc7n7c8ccccc8c(cc54)c67)cc3)c3oc4ccccc4c3n2)cc1. The van der Waals surface area contributed by atoms with Gasteiger partial charge in [-0.25, -0.2) is 9.97 Å². The number of rotatable bonds is 3. The van der Waals surface area contributed by atoms with E-state index in [-0.39, 0.29) is 0 Å². The summed E-state index contributed by atoms with van der Waals surface area (Å²) >= 11 is 0. The standard InChI is InChI=1S/C50H28N4O/c1-2-13-31(14-3-1)50-51-46(49-47(52-50)36-18-8-11-21-42(36)55-49)30-22-25-32(26-23-30)53-40-27-24-29-12-4-5-15-33(29)43(40)45-41(53)28-37-34-16-6-9-19-38(34)54-39-20-10-7-17-35(39)44(45)48(37)54/h1-28H. The molecule has 0 aliphatic carbocycles. The van der Waals surface area contributed by atoms with Crippen LogP contribution in [0.3, 0.4) is 0 Å².